The minimum absolute atomic E-state index is 0.149. The average molecular weight is 273 g/mol. The summed E-state index contributed by atoms with van der Waals surface area (Å²) >= 11 is 0. The molecule has 20 heavy (non-hydrogen) atoms. The largest absolute Gasteiger partial charge is 0.433 e. The predicted octanol–water partition coefficient (Wildman–Crippen LogP) is 2.90. The molecule has 0 unspecified atom stereocenters. The van der Waals surface area contributed by atoms with Gasteiger partial charge in [0.25, 0.3) is 0 Å². The molecule has 0 bridgehead atoms. The number of amides is 1. The number of aliphatic imine (C=N–C) groups is 1. The monoisotopic (exact) mass is 273 g/mol. The maximum Gasteiger partial charge on any atom is 0.433 e. The molecule has 1 aromatic carbocycles. The third kappa shape index (κ3) is 3.52. The molecule has 102 valence electrons. The van der Waals surface area contributed by atoms with E-state index in [0.29, 0.717) is 17.1 Å². The van der Waals surface area contributed by atoms with E-state index in [1.165, 1.54) is 25.3 Å². The number of hydrogen-bond donors (Lipinski definition) is 1. The quantitative estimate of drug-likeness (QED) is 0.526. The summed E-state index contributed by atoms with van der Waals surface area (Å²) in [5.41, 5.74) is 1.31. The van der Waals surface area contributed by atoms with Gasteiger partial charge in [-0.3, -0.25) is 19.9 Å². The third-order valence-corrected chi connectivity index (χ3v) is 2.32. The molecule has 1 heterocycles. The highest BCUT2D eigenvalue weighted by molar-refractivity contribution is 5.88. The number of carbonyl (C=O) groups is 1. The fourth-order valence-corrected chi connectivity index (χ4v) is 1.48. The Balaban J connectivity index is 2.06. The van der Waals surface area contributed by atoms with Gasteiger partial charge in [0.1, 0.15) is 4.92 Å². The molecule has 0 saturated carbocycles. The number of nitrogens with zero attached hydrogens (tertiary/aromatic N) is 2. The topological polar surface area (TPSA) is 97.7 Å². The second kappa shape index (κ2) is 5.79. The fraction of sp³-hybridized carbons (Fsp3) is 0.0769. The van der Waals surface area contributed by atoms with E-state index < -0.39 is 4.92 Å². The van der Waals surface area contributed by atoms with Gasteiger partial charge in [0.2, 0.25) is 5.91 Å². The molecule has 0 aliphatic rings. The Morgan fingerprint density at radius 1 is 1.30 bits per heavy atom. The first-order chi connectivity index (χ1) is 9.54. The van der Waals surface area contributed by atoms with Crippen molar-refractivity contribution in [2.45, 2.75) is 6.92 Å². The molecular weight excluding hydrogens is 262 g/mol. The fourth-order valence-electron chi connectivity index (χ4n) is 1.48. The number of furan rings is 1. The van der Waals surface area contributed by atoms with E-state index in [0.717, 1.165) is 0 Å². The number of benzene rings is 1. The van der Waals surface area contributed by atoms with Gasteiger partial charge in [-0.2, -0.15) is 0 Å². The zero-order valence-electron chi connectivity index (χ0n) is 10.6. The number of nitro groups is 1. The Morgan fingerprint density at radius 2 is 2.00 bits per heavy atom. The van der Waals surface area contributed by atoms with Gasteiger partial charge in [0.05, 0.1) is 18.0 Å². The molecule has 0 saturated heterocycles. The van der Waals surface area contributed by atoms with Crippen LogP contribution in [0.4, 0.5) is 17.3 Å². The van der Waals surface area contributed by atoms with E-state index in [4.69, 9.17) is 4.42 Å². The summed E-state index contributed by atoms with van der Waals surface area (Å²) in [6.07, 6.45) is 1.39. The van der Waals surface area contributed by atoms with Gasteiger partial charge in [0, 0.05) is 12.6 Å². The third-order valence-electron chi connectivity index (χ3n) is 2.32. The summed E-state index contributed by atoms with van der Waals surface area (Å²) < 4.78 is 4.94. The van der Waals surface area contributed by atoms with E-state index in [1.54, 1.807) is 24.3 Å². The Labute approximate surface area is 114 Å². The molecule has 1 amide bonds. The van der Waals surface area contributed by atoms with E-state index in [1.807, 2.05) is 0 Å². The van der Waals surface area contributed by atoms with E-state index >= 15 is 0 Å². The van der Waals surface area contributed by atoms with Crippen LogP contribution < -0.4 is 5.32 Å². The highest BCUT2D eigenvalue weighted by Gasteiger charge is 2.10. The molecule has 0 radical (unpaired) electrons. The molecule has 1 N–H and O–H groups in total. The maximum absolute atomic E-state index is 10.9. The summed E-state index contributed by atoms with van der Waals surface area (Å²) in [7, 11) is 0. The second-order valence-electron chi connectivity index (χ2n) is 3.92. The lowest BCUT2D eigenvalue weighted by Crippen LogP contribution is -2.04. The summed E-state index contributed by atoms with van der Waals surface area (Å²) in [6.45, 7) is 1.43. The average Bonchev–Trinajstić information content (AvgIpc) is 2.86. The van der Waals surface area contributed by atoms with Gasteiger partial charge in [-0.25, -0.2) is 0 Å². The van der Waals surface area contributed by atoms with Gasteiger partial charge < -0.3 is 9.73 Å². The van der Waals surface area contributed by atoms with Crippen molar-refractivity contribution in [3.63, 3.8) is 0 Å². The molecule has 2 aromatic rings. The molecule has 0 spiro atoms. The van der Waals surface area contributed by atoms with Crippen LogP contribution in [0, 0.1) is 10.1 Å². The minimum atomic E-state index is -0.612. The number of nitrogens with one attached hydrogen (secondary N) is 1. The van der Waals surface area contributed by atoms with Crippen molar-refractivity contribution >= 4 is 29.4 Å². The molecular formula is C13H11N3O4. The molecule has 1 aromatic heterocycles. The van der Waals surface area contributed by atoms with Crippen molar-refractivity contribution in [2.75, 3.05) is 5.32 Å². The van der Waals surface area contributed by atoms with Crippen molar-refractivity contribution < 1.29 is 14.1 Å². The molecule has 7 heteroatoms. The first-order valence-corrected chi connectivity index (χ1v) is 5.70. The van der Waals surface area contributed by atoms with E-state index in [9.17, 15) is 14.9 Å². The molecule has 0 aliphatic heterocycles. The molecule has 7 nitrogen and oxygen atoms in total. The minimum Gasteiger partial charge on any atom is -0.400 e. The standard InChI is InChI=1S/C13H11N3O4/c1-9(17)15-11-4-2-10(3-5-11)14-8-12-6-7-13(20-12)16(18)19/h2-8H,1H3,(H,15,17). The maximum atomic E-state index is 10.9. The van der Waals surface area contributed by atoms with Crippen molar-refractivity contribution in [3.8, 4) is 0 Å². The van der Waals surface area contributed by atoms with Gasteiger partial charge in [-0.1, -0.05) is 0 Å². The lowest BCUT2D eigenvalue weighted by molar-refractivity contribution is -0.402. The zero-order chi connectivity index (χ0) is 14.5. The Kier molecular flexibility index (Phi) is 3.90. The Bertz CT molecular complexity index is 659. The zero-order valence-corrected chi connectivity index (χ0v) is 10.6. The Morgan fingerprint density at radius 3 is 2.55 bits per heavy atom. The number of anilines is 1. The second-order valence-corrected chi connectivity index (χ2v) is 3.92. The van der Waals surface area contributed by atoms with Crippen LogP contribution in [0.5, 0.6) is 0 Å². The van der Waals surface area contributed by atoms with Gasteiger partial charge in [-0.15, -0.1) is 0 Å². The number of carbonyl (C=O) groups excluding carboxylic acids is 1. The van der Waals surface area contributed by atoms with Gasteiger partial charge >= 0.3 is 5.88 Å². The van der Waals surface area contributed by atoms with Crippen molar-refractivity contribution in [3.05, 3.63) is 52.3 Å². The number of hydrogen-bond acceptors (Lipinski definition) is 5. The van der Waals surface area contributed by atoms with Crippen LogP contribution >= 0.6 is 0 Å². The smallest absolute Gasteiger partial charge is 0.400 e. The lowest BCUT2D eigenvalue weighted by Gasteiger charge is -2.01. The summed E-state index contributed by atoms with van der Waals surface area (Å²) in [4.78, 5) is 24.8. The lowest BCUT2D eigenvalue weighted by atomic mass is 10.3. The normalized spacial score (nSPS) is 10.7. The summed E-state index contributed by atoms with van der Waals surface area (Å²) in [5, 5.41) is 13.1. The van der Waals surface area contributed by atoms with Crippen LogP contribution in [0.15, 0.2) is 45.8 Å². The SMILES string of the molecule is CC(=O)Nc1ccc(N=Cc2ccc([N+](=O)[O-])o2)cc1. The summed E-state index contributed by atoms with van der Waals surface area (Å²) in [5.74, 6) is -0.181. The predicted molar refractivity (Wildman–Crippen MR) is 73.4 cm³/mol. The molecule has 2 rings (SSSR count). The first kappa shape index (κ1) is 13.5. The highest BCUT2D eigenvalue weighted by Crippen LogP contribution is 2.18. The number of rotatable bonds is 4. The van der Waals surface area contributed by atoms with Gasteiger partial charge in [0.15, 0.2) is 5.76 Å². The van der Waals surface area contributed by atoms with Crippen molar-refractivity contribution in [2.24, 2.45) is 4.99 Å². The molecule has 0 atom stereocenters. The van der Waals surface area contributed by atoms with Crippen molar-refractivity contribution in [1.82, 2.24) is 0 Å². The van der Waals surface area contributed by atoms with Crippen LogP contribution in [0.3, 0.4) is 0 Å². The van der Waals surface area contributed by atoms with Crippen LogP contribution in [0.25, 0.3) is 0 Å². The van der Waals surface area contributed by atoms with Gasteiger partial charge in [-0.05, 0) is 30.3 Å². The van der Waals surface area contributed by atoms with Crippen LogP contribution in [-0.4, -0.2) is 17.0 Å². The van der Waals surface area contributed by atoms with E-state index in [-0.39, 0.29) is 11.8 Å². The van der Waals surface area contributed by atoms with Crippen LogP contribution in [0.1, 0.15) is 12.7 Å². The summed E-state index contributed by atoms with van der Waals surface area (Å²) in [6, 6.07) is 9.56. The Hall–Kier alpha value is -2.96. The van der Waals surface area contributed by atoms with Crippen molar-refractivity contribution in [1.29, 1.82) is 0 Å². The molecule has 0 aliphatic carbocycles. The van der Waals surface area contributed by atoms with Crippen LogP contribution in [-0.2, 0) is 4.79 Å². The van der Waals surface area contributed by atoms with Crippen LogP contribution in [0.2, 0.25) is 0 Å². The highest BCUT2D eigenvalue weighted by atomic mass is 16.6. The van der Waals surface area contributed by atoms with E-state index in [2.05, 4.69) is 10.3 Å². The first-order valence-electron chi connectivity index (χ1n) is 5.70. The molecule has 0 fully saturated rings.